The summed E-state index contributed by atoms with van der Waals surface area (Å²) < 4.78 is 22.1. The number of ether oxygens (including phenoxy) is 4. The maximum Gasteiger partial charge on any atom is 0.295 e. The highest BCUT2D eigenvalue weighted by atomic mass is 16.5. The van der Waals surface area contributed by atoms with Gasteiger partial charge in [0.2, 0.25) is 5.75 Å². The van der Waals surface area contributed by atoms with Gasteiger partial charge in [-0.1, -0.05) is 17.7 Å². The van der Waals surface area contributed by atoms with E-state index in [1.165, 1.54) is 26.2 Å². The van der Waals surface area contributed by atoms with Crippen molar-refractivity contribution in [2.45, 2.75) is 46.3 Å². The lowest BCUT2D eigenvalue weighted by atomic mass is 9.93. The van der Waals surface area contributed by atoms with Crippen LogP contribution in [0.25, 0.3) is 5.76 Å². The molecule has 1 aliphatic heterocycles. The molecule has 1 atom stereocenters. The van der Waals surface area contributed by atoms with E-state index in [-0.39, 0.29) is 24.0 Å². The number of carbonyl (C=O) groups is 2. The van der Waals surface area contributed by atoms with E-state index in [9.17, 15) is 14.7 Å². The molecule has 0 bridgehead atoms. The fourth-order valence-electron chi connectivity index (χ4n) is 4.41. The largest absolute Gasteiger partial charge is 0.507 e. The summed E-state index contributed by atoms with van der Waals surface area (Å²) in [4.78, 5) is 28.1. The van der Waals surface area contributed by atoms with Gasteiger partial charge >= 0.3 is 0 Å². The van der Waals surface area contributed by atoms with Crippen LogP contribution in [0, 0.1) is 13.8 Å². The summed E-state index contributed by atoms with van der Waals surface area (Å²) in [6.45, 7) is 8.32. The lowest BCUT2D eigenvalue weighted by Gasteiger charge is -2.27. The first kappa shape index (κ1) is 27.1. The predicted octanol–water partition coefficient (Wildman–Crippen LogP) is 4.57. The smallest absolute Gasteiger partial charge is 0.295 e. The number of rotatable bonds is 10. The molecular weight excluding hydrogens is 462 g/mol. The molecule has 3 rings (SSSR count). The second-order valence-corrected chi connectivity index (χ2v) is 9.04. The van der Waals surface area contributed by atoms with E-state index in [2.05, 4.69) is 0 Å². The number of aryl methyl sites for hydroxylation is 2. The van der Waals surface area contributed by atoms with Crippen LogP contribution < -0.4 is 14.2 Å². The minimum absolute atomic E-state index is 0.0211. The van der Waals surface area contributed by atoms with Crippen LogP contribution >= 0.6 is 0 Å². The van der Waals surface area contributed by atoms with Gasteiger partial charge in [-0.25, -0.2) is 0 Å². The summed E-state index contributed by atoms with van der Waals surface area (Å²) in [5.74, 6) is -0.475. The monoisotopic (exact) mass is 497 g/mol. The van der Waals surface area contributed by atoms with Crippen LogP contribution in [0.4, 0.5) is 0 Å². The number of Topliss-reactive ketones (excluding diaryl/α,β-unsaturated/α-hetero) is 1. The second-order valence-electron chi connectivity index (χ2n) is 9.04. The van der Waals surface area contributed by atoms with E-state index in [0.29, 0.717) is 41.4 Å². The van der Waals surface area contributed by atoms with Crippen molar-refractivity contribution in [1.29, 1.82) is 0 Å². The first-order chi connectivity index (χ1) is 17.1. The molecule has 1 fully saturated rings. The van der Waals surface area contributed by atoms with Crippen molar-refractivity contribution in [2.24, 2.45) is 0 Å². The number of hydrogen-bond acceptors (Lipinski definition) is 7. The van der Waals surface area contributed by atoms with Crippen LogP contribution in [0.1, 0.15) is 48.6 Å². The lowest BCUT2D eigenvalue weighted by Crippen LogP contribution is -2.31. The third-order valence-corrected chi connectivity index (χ3v) is 6.19. The first-order valence-corrected chi connectivity index (χ1v) is 11.9. The Hall–Kier alpha value is -3.52. The zero-order valence-electron chi connectivity index (χ0n) is 22.0. The molecule has 0 saturated carbocycles. The van der Waals surface area contributed by atoms with E-state index >= 15 is 0 Å². The van der Waals surface area contributed by atoms with Crippen LogP contribution in [0.15, 0.2) is 35.9 Å². The predicted molar refractivity (Wildman–Crippen MR) is 137 cm³/mol. The molecule has 0 spiro atoms. The highest BCUT2D eigenvalue weighted by Gasteiger charge is 2.46. The average Bonchev–Trinajstić information content (AvgIpc) is 3.11. The number of methoxy groups -OCH3 is 3. The Bertz CT molecular complexity index is 1140. The SMILES string of the molecule is COc1cc(C2/C(=C(\O)c3cc(C)ccc3C)C(=O)C(=O)N2CCCOC(C)C)cc(OC)c1OC. The summed E-state index contributed by atoms with van der Waals surface area (Å²) >= 11 is 0. The molecule has 0 aromatic heterocycles. The number of carbonyl (C=O) groups excluding carboxylic acids is 2. The molecule has 2 aromatic carbocycles. The average molecular weight is 498 g/mol. The number of amides is 1. The minimum atomic E-state index is -0.849. The number of aliphatic hydroxyl groups is 1. The van der Waals surface area contributed by atoms with E-state index < -0.39 is 17.7 Å². The number of ketones is 1. The number of likely N-dealkylation sites (tertiary alicyclic amines) is 1. The van der Waals surface area contributed by atoms with Gasteiger partial charge in [0.1, 0.15) is 5.76 Å². The number of aliphatic hydroxyl groups excluding tert-OH is 1. The van der Waals surface area contributed by atoms with Gasteiger partial charge in [0.25, 0.3) is 11.7 Å². The maximum atomic E-state index is 13.4. The lowest BCUT2D eigenvalue weighted by molar-refractivity contribution is -0.140. The number of nitrogens with zero attached hydrogens (tertiary/aromatic N) is 1. The normalized spacial score (nSPS) is 17.1. The zero-order valence-corrected chi connectivity index (χ0v) is 22.0. The third-order valence-electron chi connectivity index (χ3n) is 6.19. The molecule has 1 saturated heterocycles. The Balaban J connectivity index is 2.21. The van der Waals surface area contributed by atoms with Gasteiger partial charge in [0.15, 0.2) is 11.5 Å². The topological polar surface area (TPSA) is 94.5 Å². The van der Waals surface area contributed by atoms with Crippen LogP contribution in [0.2, 0.25) is 0 Å². The van der Waals surface area contributed by atoms with Crippen molar-refractivity contribution in [3.8, 4) is 17.2 Å². The quantitative estimate of drug-likeness (QED) is 0.222. The van der Waals surface area contributed by atoms with Crippen molar-refractivity contribution in [3.05, 3.63) is 58.2 Å². The van der Waals surface area contributed by atoms with Crippen LogP contribution in [-0.4, -0.2) is 62.3 Å². The molecular formula is C28H35NO7. The Morgan fingerprint density at radius 1 is 1.00 bits per heavy atom. The van der Waals surface area contributed by atoms with E-state index in [4.69, 9.17) is 18.9 Å². The van der Waals surface area contributed by atoms with Crippen molar-refractivity contribution in [2.75, 3.05) is 34.5 Å². The van der Waals surface area contributed by atoms with Gasteiger partial charge in [-0.2, -0.15) is 0 Å². The fourth-order valence-corrected chi connectivity index (χ4v) is 4.41. The fraction of sp³-hybridized carbons (Fsp3) is 0.429. The second kappa shape index (κ2) is 11.5. The van der Waals surface area contributed by atoms with Crippen molar-refractivity contribution >= 4 is 17.4 Å². The molecule has 36 heavy (non-hydrogen) atoms. The van der Waals surface area contributed by atoms with E-state index in [0.717, 1.165) is 11.1 Å². The van der Waals surface area contributed by atoms with Crippen molar-refractivity contribution in [3.63, 3.8) is 0 Å². The van der Waals surface area contributed by atoms with E-state index in [1.54, 1.807) is 18.2 Å². The van der Waals surface area contributed by atoms with Gasteiger partial charge in [0.05, 0.1) is 39.0 Å². The molecule has 1 aliphatic rings. The van der Waals surface area contributed by atoms with Crippen LogP contribution in [0.3, 0.4) is 0 Å². The molecule has 8 heteroatoms. The molecule has 1 N–H and O–H groups in total. The molecule has 2 aromatic rings. The van der Waals surface area contributed by atoms with E-state index in [1.807, 2.05) is 39.8 Å². The summed E-state index contributed by atoms with van der Waals surface area (Å²) in [5, 5.41) is 11.4. The molecule has 194 valence electrons. The molecule has 8 nitrogen and oxygen atoms in total. The van der Waals surface area contributed by atoms with Crippen molar-refractivity contribution < 1.29 is 33.6 Å². The standard InChI is InChI=1S/C28H35NO7/c1-16(2)36-12-8-11-29-24(19-14-21(33-5)27(35-7)22(15-19)34-6)23(26(31)28(29)32)25(30)20-13-17(3)9-10-18(20)4/h9-10,13-16,24,30H,8,11-12H2,1-7H3/b25-23+. The molecule has 0 radical (unpaired) electrons. The van der Waals surface area contributed by atoms with Gasteiger partial charge in [0, 0.05) is 18.7 Å². The Morgan fingerprint density at radius 2 is 1.64 bits per heavy atom. The van der Waals surface area contributed by atoms with Crippen LogP contribution in [-0.2, 0) is 14.3 Å². The van der Waals surface area contributed by atoms with Gasteiger partial charge in [-0.15, -0.1) is 0 Å². The zero-order chi connectivity index (χ0) is 26.6. The van der Waals surface area contributed by atoms with Crippen LogP contribution in [0.5, 0.6) is 17.2 Å². The Kier molecular flexibility index (Phi) is 8.63. The Labute approximate surface area is 212 Å². The maximum absolute atomic E-state index is 13.4. The first-order valence-electron chi connectivity index (χ1n) is 11.9. The van der Waals surface area contributed by atoms with Crippen molar-refractivity contribution in [1.82, 2.24) is 4.90 Å². The molecule has 1 unspecified atom stereocenters. The molecule has 1 heterocycles. The Morgan fingerprint density at radius 3 is 2.19 bits per heavy atom. The molecule has 1 amide bonds. The summed E-state index contributed by atoms with van der Waals surface area (Å²) in [7, 11) is 4.50. The third kappa shape index (κ3) is 5.33. The summed E-state index contributed by atoms with van der Waals surface area (Å²) in [6.07, 6.45) is 0.575. The highest BCUT2D eigenvalue weighted by molar-refractivity contribution is 6.46. The molecule has 0 aliphatic carbocycles. The highest BCUT2D eigenvalue weighted by Crippen LogP contribution is 2.46. The van der Waals surface area contributed by atoms with Gasteiger partial charge in [-0.3, -0.25) is 9.59 Å². The number of benzene rings is 2. The summed E-state index contributed by atoms with van der Waals surface area (Å²) in [6, 6.07) is 8.16. The van der Waals surface area contributed by atoms with Gasteiger partial charge in [-0.05, 0) is 63.4 Å². The van der Waals surface area contributed by atoms with Gasteiger partial charge < -0.3 is 29.0 Å². The summed E-state index contributed by atoms with van der Waals surface area (Å²) in [5.41, 5.74) is 2.80. The minimum Gasteiger partial charge on any atom is -0.507 e. The number of hydrogen-bond donors (Lipinski definition) is 1.